The Morgan fingerprint density at radius 3 is 2.00 bits per heavy atom. The number of hydrogen-bond donors (Lipinski definition) is 1. The van der Waals surface area contributed by atoms with Crippen molar-refractivity contribution in [1.82, 2.24) is 0 Å². The number of benzene rings is 2. The quantitative estimate of drug-likeness (QED) is 0.815. The maximum Gasteiger partial charge on any atom is 0.160 e. The zero-order chi connectivity index (χ0) is 13.3. The minimum absolute atomic E-state index is 0.545. The predicted octanol–water partition coefficient (Wildman–Crippen LogP) is 4.63. The Morgan fingerprint density at radius 1 is 0.833 bits per heavy atom. The summed E-state index contributed by atoms with van der Waals surface area (Å²) < 4.78 is 26.0. The third-order valence-corrected chi connectivity index (χ3v) is 2.87. The van der Waals surface area contributed by atoms with Crippen LogP contribution < -0.4 is 5.32 Å². The number of aryl methyl sites for hydroxylation is 3. The average molecular weight is 247 g/mol. The van der Waals surface area contributed by atoms with E-state index >= 15 is 0 Å². The summed E-state index contributed by atoms with van der Waals surface area (Å²) in [7, 11) is 0. The number of rotatable bonds is 2. The molecule has 0 aliphatic heterocycles. The second-order valence-corrected chi connectivity index (χ2v) is 4.53. The fourth-order valence-electron chi connectivity index (χ4n) is 2.10. The molecular formula is C15H15F2N. The number of anilines is 2. The van der Waals surface area contributed by atoms with E-state index in [2.05, 4.69) is 17.4 Å². The first-order chi connectivity index (χ1) is 8.47. The van der Waals surface area contributed by atoms with Gasteiger partial charge in [0.2, 0.25) is 0 Å². The molecule has 18 heavy (non-hydrogen) atoms. The van der Waals surface area contributed by atoms with Crippen molar-refractivity contribution in [3.8, 4) is 0 Å². The molecule has 2 aromatic carbocycles. The van der Waals surface area contributed by atoms with Crippen LogP contribution in [0.5, 0.6) is 0 Å². The van der Waals surface area contributed by atoms with E-state index in [1.54, 1.807) is 0 Å². The molecule has 0 spiro atoms. The van der Waals surface area contributed by atoms with Crippen molar-refractivity contribution in [2.45, 2.75) is 20.8 Å². The van der Waals surface area contributed by atoms with Gasteiger partial charge in [0.15, 0.2) is 11.6 Å². The summed E-state index contributed by atoms with van der Waals surface area (Å²) in [5.41, 5.74) is 4.82. The summed E-state index contributed by atoms with van der Waals surface area (Å²) in [6.07, 6.45) is 0. The summed E-state index contributed by atoms with van der Waals surface area (Å²) in [6.45, 7) is 6.01. The van der Waals surface area contributed by atoms with Gasteiger partial charge in [0, 0.05) is 17.4 Å². The van der Waals surface area contributed by atoms with Crippen molar-refractivity contribution in [2.24, 2.45) is 0 Å². The molecule has 0 amide bonds. The van der Waals surface area contributed by atoms with E-state index in [9.17, 15) is 8.78 Å². The van der Waals surface area contributed by atoms with Crippen molar-refractivity contribution in [1.29, 1.82) is 0 Å². The van der Waals surface area contributed by atoms with Crippen LogP contribution in [-0.4, -0.2) is 0 Å². The van der Waals surface area contributed by atoms with Gasteiger partial charge in [-0.3, -0.25) is 0 Å². The summed E-state index contributed by atoms with van der Waals surface area (Å²) in [5, 5.41) is 3.13. The van der Waals surface area contributed by atoms with Crippen LogP contribution >= 0.6 is 0 Å². The molecule has 0 unspecified atom stereocenters. The molecule has 0 saturated heterocycles. The molecule has 2 aromatic rings. The van der Waals surface area contributed by atoms with Crippen LogP contribution in [0.3, 0.4) is 0 Å². The molecule has 1 nitrogen and oxygen atoms in total. The van der Waals surface area contributed by atoms with Crippen LogP contribution in [0.2, 0.25) is 0 Å². The van der Waals surface area contributed by atoms with E-state index < -0.39 is 11.6 Å². The van der Waals surface area contributed by atoms with Crippen LogP contribution in [-0.2, 0) is 0 Å². The molecule has 3 heteroatoms. The Kier molecular flexibility index (Phi) is 3.32. The highest BCUT2D eigenvalue weighted by molar-refractivity contribution is 5.67. The third-order valence-electron chi connectivity index (χ3n) is 2.87. The summed E-state index contributed by atoms with van der Waals surface area (Å²) in [5.74, 6) is -1.68. The van der Waals surface area contributed by atoms with Gasteiger partial charge in [0.25, 0.3) is 0 Å². The van der Waals surface area contributed by atoms with Crippen LogP contribution in [0.4, 0.5) is 20.2 Å². The Morgan fingerprint density at radius 2 is 1.44 bits per heavy atom. The minimum Gasteiger partial charge on any atom is -0.355 e. The smallest absolute Gasteiger partial charge is 0.160 e. The van der Waals surface area contributed by atoms with Gasteiger partial charge in [-0.15, -0.1) is 0 Å². The Labute approximate surface area is 105 Å². The highest BCUT2D eigenvalue weighted by Crippen LogP contribution is 2.26. The second kappa shape index (κ2) is 4.77. The molecule has 2 rings (SSSR count). The topological polar surface area (TPSA) is 12.0 Å². The van der Waals surface area contributed by atoms with E-state index in [0.717, 1.165) is 28.9 Å². The van der Waals surface area contributed by atoms with Crippen LogP contribution in [0, 0.1) is 32.4 Å². The molecule has 0 aliphatic rings. The Hall–Kier alpha value is -1.90. The van der Waals surface area contributed by atoms with Crippen LogP contribution in [0.15, 0.2) is 30.3 Å². The van der Waals surface area contributed by atoms with Crippen molar-refractivity contribution in [3.05, 3.63) is 58.7 Å². The lowest BCUT2D eigenvalue weighted by atomic mass is 10.0. The zero-order valence-electron chi connectivity index (χ0n) is 10.6. The normalized spacial score (nSPS) is 10.5. The molecule has 0 saturated carbocycles. The molecule has 0 aliphatic carbocycles. The molecule has 1 N–H and O–H groups in total. The maximum absolute atomic E-state index is 13.1. The van der Waals surface area contributed by atoms with Gasteiger partial charge >= 0.3 is 0 Å². The minimum atomic E-state index is -0.845. The van der Waals surface area contributed by atoms with E-state index in [0.29, 0.717) is 5.69 Å². The molecular weight excluding hydrogens is 232 g/mol. The number of nitrogens with one attached hydrogen (secondary N) is 1. The van der Waals surface area contributed by atoms with Crippen molar-refractivity contribution in [3.63, 3.8) is 0 Å². The monoisotopic (exact) mass is 247 g/mol. The van der Waals surface area contributed by atoms with Gasteiger partial charge in [-0.1, -0.05) is 17.7 Å². The summed E-state index contributed by atoms with van der Waals surface area (Å²) in [4.78, 5) is 0. The lowest BCUT2D eigenvalue weighted by molar-refractivity contribution is 0.509. The van der Waals surface area contributed by atoms with E-state index in [1.165, 1.54) is 11.6 Å². The molecule has 0 bridgehead atoms. The fraction of sp³-hybridized carbons (Fsp3) is 0.200. The van der Waals surface area contributed by atoms with Gasteiger partial charge in [-0.25, -0.2) is 8.78 Å². The first kappa shape index (κ1) is 12.6. The molecule has 0 atom stereocenters. The molecule has 94 valence electrons. The van der Waals surface area contributed by atoms with E-state index in [-0.39, 0.29) is 0 Å². The highest BCUT2D eigenvalue weighted by Gasteiger charge is 2.06. The van der Waals surface area contributed by atoms with Gasteiger partial charge in [-0.05, 0) is 44.0 Å². The van der Waals surface area contributed by atoms with Crippen molar-refractivity contribution < 1.29 is 8.78 Å². The Bertz CT molecular complexity index is 568. The van der Waals surface area contributed by atoms with Crippen molar-refractivity contribution in [2.75, 3.05) is 5.32 Å². The molecule has 0 aromatic heterocycles. The van der Waals surface area contributed by atoms with Gasteiger partial charge in [-0.2, -0.15) is 0 Å². The first-order valence-electron chi connectivity index (χ1n) is 5.77. The summed E-state index contributed by atoms with van der Waals surface area (Å²) >= 11 is 0. The first-order valence-corrected chi connectivity index (χ1v) is 5.77. The molecule has 0 heterocycles. The van der Waals surface area contributed by atoms with Crippen LogP contribution in [0.25, 0.3) is 0 Å². The zero-order valence-corrected chi connectivity index (χ0v) is 10.6. The lowest BCUT2D eigenvalue weighted by Crippen LogP contribution is -1.98. The number of hydrogen-bond acceptors (Lipinski definition) is 1. The fourth-order valence-corrected chi connectivity index (χ4v) is 2.10. The average Bonchev–Trinajstić information content (AvgIpc) is 2.28. The second-order valence-electron chi connectivity index (χ2n) is 4.53. The third kappa shape index (κ3) is 2.50. The summed E-state index contributed by atoms with van der Waals surface area (Å²) in [6, 6.07) is 7.91. The SMILES string of the molecule is Cc1cc(C)c(Nc2ccc(F)c(F)c2)c(C)c1. The molecule has 0 radical (unpaired) electrons. The molecule has 0 fully saturated rings. The van der Waals surface area contributed by atoms with E-state index in [4.69, 9.17) is 0 Å². The largest absolute Gasteiger partial charge is 0.355 e. The number of halogens is 2. The standard InChI is InChI=1S/C15H15F2N/c1-9-6-10(2)15(11(3)7-9)18-12-4-5-13(16)14(17)8-12/h4-8,18H,1-3H3. The maximum atomic E-state index is 13.1. The highest BCUT2D eigenvalue weighted by atomic mass is 19.2. The van der Waals surface area contributed by atoms with Gasteiger partial charge in [0.1, 0.15) is 0 Å². The van der Waals surface area contributed by atoms with E-state index in [1.807, 2.05) is 20.8 Å². The lowest BCUT2D eigenvalue weighted by Gasteiger charge is -2.14. The predicted molar refractivity (Wildman–Crippen MR) is 70.3 cm³/mol. The Balaban J connectivity index is 2.37. The van der Waals surface area contributed by atoms with Crippen molar-refractivity contribution >= 4 is 11.4 Å². The van der Waals surface area contributed by atoms with Gasteiger partial charge in [0.05, 0.1) is 0 Å². The van der Waals surface area contributed by atoms with Crippen LogP contribution in [0.1, 0.15) is 16.7 Å². The van der Waals surface area contributed by atoms with Gasteiger partial charge < -0.3 is 5.32 Å².